The van der Waals surface area contributed by atoms with Crippen molar-refractivity contribution in [2.24, 2.45) is 0 Å². The number of amides is 1. The van der Waals surface area contributed by atoms with Gasteiger partial charge in [0.15, 0.2) is 0 Å². The molecule has 3 heterocycles. The molecule has 2 aliphatic rings. The minimum Gasteiger partial charge on any atom is -0.376 e. The Kier molecular flexibility index (Phi) is 6.58. The number of carbonyl (C=O) groups excluding carboxylic acids is 1. The monoisotopic (exact) mass is 429 g/mol. The Hall–Kier alpha value is -2.12. The smallest absolute Gasteiger partial charge is 0.246 e. The lowest BCUT2D eigenvalue weighted by Crippen LogP contribution is -2.44. The van der Waals surface area contributed by atoms with Crippen LogP contribution in [0.25, 0.3) is 11.8 Å². The van der Waals surface area contributed by atoms with Gasteiger partial charge in [-0.05, 0) is 69.2 Å². The first kappa shape index (κ1) is 21.1. The van der Waals surface area contributed by atoms with Crippen LogP contribution < -0.4 is 0 Å². The molecule has 0 spiro atoms. The molecule has 4 rings (SSSR count). The summed E-state index contributed by atoms with van der Waals surface area (Å²) in [6.07, 6.45) is 6.82. The van der Waals surface area contributed by atoms with Gasteiger partial charge in [0, 0.05) is 42.3 Å². The zero-order chi connectivity index (χ0) is 21.1. The largest absolute Gasteiger partial charge is 0.376 e. The zero-order valence-electron chi connectivity index (χ0n) is 17.5. The summed E-state index contributed by atoms with van der Waals surface area (Å²) in [7, 11) is 0. The highest BCUT2D eigenvalue weighted by atomic mass is 32.2. The van der Waals surface area contributed by atoms with Crippen molar-refractivity contribution in [2.45, 2.75) is 45.3 Å². The molecular formula is C23H28FN3O2S. The van der Waals surface area contributed by atoms with Crippen molar-refractivity contribution in [1.29, 1.82) is 0 Å². The van der Waals surface area contributed by atoms with Crippen molar-refractivity contribution in [3.63, 3.8) is 0 Å². The molecular weight excluding hydrogens is 401 g/mol. The van der Waals surface area contributed by atoms with E-state index in [1.807, 2.05) is 36.6 Å². The number of carbonyl (C=O) groups is 1. The van der Waals surface area contributed by atoms with Gasteiger partial charge in [0.25, 0.3) is 0 Å². The average Bonchev–Trinajstić information content (AvgIpc) is 3.48. The second kappa shape index (κ2) is 9.35. The molecule has 5 nitrogen and oxygen atoms in total. The van der Waals surface area contributed by atoms with Crippen LogP contribution >= 0.6 is 11.8 Å². The third-order valence-corrected chi connectivity index (χ3v) is 7.01. The molecule has 0 radical (unpaired) electrons. The SMILES string of the molecule is Cc1nn(-c2ccc(F)cc2)c(C)c1/C=C/C(=O)N(CC1CCCO1)C1CCSC1. The van der Waals surface area contributed by atoms with Crippen molar-refractivity contribution >= 4 is 23.7 Å². The molecule has 7 heteroatoms. The van der Waals surface area contributed by atoms with Crippen LogP contribution in [-0.4, -0.2) is 57.4 Å². The Balaban J connectivity index is 1.53. The van der Waals surface area contributed by atoms with Crippen LogP contribution in [0, 0.1) is 19.7 Å². The van der Waals surface area contributed by atoms with Crippen LogP contribution in [0.3, 0.4) is 0 Å². The summed E-state index contributed by atoms with van der Waals surface area (Å²) < 4.78 is 20.8. The molecule has 2 fully saturated rings. The lowest BCUT2D eigenvalue weighted by molar-refractivity contribution is -0.129. The van der Waals surface area contributed by atoms with E-state index < -0.39 is 0 Å². The molecule has 1 amide bonds. The number of nitrogens with zero attached hydrogens (tertiary/aromatic N) is 3. The van der Waals surface area contributed by atoms with Gasteiger partial charge in [-0.25, -0.2) is 9.07 Å². The molecule has 30 heavy (non-hydrogen) atoms. The Morgan fingerprint density at radius 2 is 2.13 bits per heavy atom. The third kappa shape index (κ3) is 4.62. The third-order valence-electron chi connectivity index (χ3n) is 5.86. The van der Waals surface area contributed by atoms with Crippen LogP contribution in [0.4, 0.5) is 4.39 Å². The van der Waals surface area contributed by atoms with E-state index in [9.17, 15) is 9.18 Å². The summed E-state index contributed by atoms with van der Waals surface area (Å²) in [6.45, 7) is 5.35. The van der Waals surface area contributed by atoms with E-state index in [0.29, 0.717) is 6.54 Å². The summed E-state index contributed by atoms with van der Waals surface area (Å²) in [5.41, 5.74) is 3.48. The van der Waals surface area contributed by atoms with Gasteiger partial charge in [-0.2, -0.15) is 16.9 Å². The van der Waals surface area contributed by atoms with E-state index in [4.69, 9.17) is 4.74 Å². The Bertz CT molecular complexity index is 913. The topological polar surface area (TPSA) is 47.4 Å². The maximum atomic E-state index is 13.3. The summed E-state index contributed by atoms with van der Waals surface area (Å²) >= 11 is 1.91. The first-order chi connectivity index (χ1) is 14.5. The molecule has 2 aliphatic heterocycles. The number of aryl methyl sites for hydroxylation is 1. The highest BCUT2D eigenvalue weighted by Gasteiger charge is 2.29. The minimum atomic E-state index is -0.276. The number of ether oxygens (including phenoxy) is 1. The van der Waals surface area contributed by atoms with Crippen molar-refractivity contribution < 1.29 is 13.9 Å². The van der Waals surface area contributed by atoms with Gasteiger partial charge in [-0.1, -0.05) is 0 Å². The molecule has 1 aromatic heterocycles. The van der Waals surface area contributed by atoms with Crippen LogP contribution in [0.2, 0.25) is 0 Å². The number of thioether (sulfide) groups is 1. The predicted molar refractivity (Wildman–Crippen MR) is 118 cm³/mol. The molecule has 2 saturated heterocycles. The molecule has 2 unspecified atom stereocenters. The molecule has 2 atom stereocenters. The van der Waals surface area contributed by atoms with Gasteiger partial charge in [0.1, 0.15) is 5.82 Å². The molecule has 0 aliphatic carbocycles. The van der Waals surface area contributed by atoms with E-state index in [1.54, 1.807) is 22.9 Å². The van der Waals surface area contributed by atoms with Crippen LogP contribution in [0.5, 0.6) is 0 Å². The number of rotatable bonds is 6. The van der Waals surface area contributed by atoms with Crippen LogP contribution in [0.1, 0.15) is 36.2 Å². The highest BCUT2D eigenvalue weighted by Crippen LogP contribution is 2.25. The van der Waals surface area contributed by atoms with Gasteiger partial charge in [0.05, 0.1) is 17.5 Å². The molecule has 0 N–H and O–H groups in total. The lowest BCUT2D eigenvalue weighted by atomic mass is 10.1. The number of halogens is 1. The lowest BCUT2D eigenvalue weighted by Gasteiger charge is -2.29. The van der Waals surface area contributed by atoms with Gasteiger partial charge in [-0.15, -0.1) is 0 Å². The summed E-state index contributed by atoms with van der Waals surface area (Å²) in [5.74, 6) is 1.85. The first-order valence-electron chi connectivity index (χ1n) is 10.5. The van der Waals surface area contributed by atoms with E-state index in [1.165, 1.54) is 12.1 Å². The first-order valence-corrected chi connectivity index (χ1v) is 11.7. The number of hydrogen-bond acceptors (Lipinski definition) is 4. The van der Waals surface area contributed by atoms with Crippen molar-refractivity contribution in [2.75, 3.05) is 24.7 Å². The normalized spacial score (nSPS) is 21.6. The fourth-order valence-electron chi connectivity index (χ4n) is 4.17. The van der Waals surface area contributed by atoms with Gasteiger partial charge in [-0.3, -0.25) is 4.79 Å². The van der Waals surface area contributed by atoms with E-state index >= 15 is 0 Å². The minimum absolute atomic E-state index is 0.0336. The number of hydrogen-bond donors (Lipinski definition) is 0. The molecule has 2 aromatic rings. The Morgan fingerprint density at radius 3 is 2.80 bits per heavy atom. The summed E-state index contributed by atoms with van der Waals surface area (Å²) in [5, 5.41) is 4.59. The average molecular weight is 430 g/mol. The second-order valence-electron chi connectivity index (χ2n) is 7.95. The second-order valence-corrected chi connectivity index (χ2v) is 9.10. The molecule has 0 bridgehead atoms. The maximum absolute atomic E-state index is 13.3. The van der Waals surface area contributed by atoms with Gasteiger partial charge >= 0.3 is 0 Å². The van der Waals surface area contributed by atoms with E-state index in [-0.39, 0.29) is 23.9 Å². The van der Waals surface area contributed by atoms with Gasteiger partial charge < -0.3 is 9.64 Å². The molecule has 1 aromatic carbocycles. The highest BCUT2D eigenvalue weighted by molar-refractivity contribution is 7.99. The van der Waals surface area contributed by atoms with E-state index in [0.717, 1.165) is 60.0 Å². The van der Waals surface area contributed by atoms with Crippen LogP contribution in [0.15, 0.2) is 30.3 Å². The number of benzene rings is 1. The summed E-state index contributed by atoms with van der Waals surface area (Å²) in [6, 6.07) is 6.53. The summed E-state index contributed by atoms with van der Waals surface area (Å²) in [4.78, 5) is 15.1. The van der Waals surface area contributed by atoms with Crippen molar-refractivity contribution in [1.82, 2.24) is 14.7 Å². The standard InChI is InChI=1S/C23H28FN3O2S/c1-16-22(17(2)27(25-16)19-7-5-18(24)6-8-19)9-10-23(28)26(20-11-13-30-15-20)14-21-4-3-12-29-21/h5-10,20-21H,3-4,11-15H2,1-2H3/b10-9+. The predicted octanol–water partition coefficient (Wildman–Crippen LogP) is 4.15. The van der Waals surface area contributed by atoms with E-state index in [2.05, 4.69) is 5.10 Å². The molecule has 160 valence electrons. The van der Waals surface area contributed by atoms with Crippen LogP contribution in [-0.2, 0) is 9.53 Å². The quantitative estimate of drug-likeness (QED) is 0.647. The van der Waals surface area contributed by atoms with Crippen molar-refractivity contribution in [3.8, 4) is 5.69 Å². The maximum Gasteiger partial charge on any atom is 0.246 e. The number of aromatic nitrogens is 2. The Morgan fingerprint density at radius 1 is 1.33 bits per heavy atom. The zero-order valence-corrected chi connectivity index (χ0v) is 18.3. The molecule has 0 saturated carbocycles. The van der Waals surface area contributed by atoms with Crippen molar-refractivity contribution in [3.05, 3.63) is 53.1 Å². The Labute approximate surface area is 181 Å². The fourth-order valence-corrected chi connectivity index (χ4v) is 5.40. The fraction of sp³-hybridized carbons (Fsp3) is 0.478. The van der Waals surface area contributed by atoms with Gasteiger partial charge in [0.2, 0.25) is 5.91 Å².